The molecule has 0 spiro atoms. The van der Waals surface area contributed by atoms with Crippen LogP contribution in [0.25, 0.3) is 0 Å². The first-order valence-corrected chi connectivity index (χ1v) is 7.45. The summed E-state index contributed by atoms with van der Waals surface area (Å²) in [5.41, 5.74) is 0. The molecule has 3 rings (SSSR count). The molecule has 2 aliphatic rings. The van der Waals surface area contributed by atoms with Crippen LogP contribution < -0.4 is 14.8 Å². The maximum atomic E-state index is 11.6. The largest absolute Gasteiger partial charge is 0.454 e. The molecule has 2 aliphatic heterocycles. The van der Waals surface area contributed by atoms with E-state index in [2.05, 4.69) is 12.2 Å². The molecule has 0 aromatic heterocycles. The average molecular weight is 306 g/mol. The Hall–Kier alpha value is -2.24. The van der Waals surface area contributed by atoms with Crippen LogP contribution in [-0.4, -0.2) is 43.1 Å². The maximum Gasteiger partial charge on any atom is 0.244 e. The zero-order chi connectivity index (χ0) is 15.9. The van der Waals surface area contributed by atoms with Gasteiger partial charge in [0.15, 0.2) is 11.5 Å². The molecule has 0 aliphatic carbocycles. The molecule has 2 unspecified atom stereocenters. The van der Waals surface area contributed by atoms with Crippen LogP contribution in [0.4, 0.5) is 0 Å². The molecular weight excluding hydrogens is 284 g/mol. The Bertz CT molecular complexity index is 498. The number of hydrogen-bond donors (Lipinski definition) is 1. The number of amides is 2. The minimum absolute atomic E-state index is 0.0245. The van der Waals surface area contributed by atoms with Crippen LogP contribution in [0.3, 0.4) is 0 Å². The molecular formula is C16H22N2O4. The van der Waals surface area contributed by atoms with Gasteiger partial charge >= 0.3 is 0 Å². The number of rotatable bonds is 3. The zero-order valence-electron chi connectivity index (χ0n) is 13.0. The van der Waals surface area contributed by atoms with E-state index in [1.54, 1.807) is 6.92 Å². The van der Waals surface area contributed by atoms with Gasteiger partial charge in [0, 0.05) is 13.1 Å². The van der Waals surface area contributed by atoms with E-state index in [9.17, 15) is 9.59 Å². The van der Waals surface area contributed by atoms with Crippen molar-refractivity contribution in [1.82, 2.24) is 10.2 Å². The molecule has 6 heteroatoms. The molecule has 0 bridgehead atoms. The predicted octanol–water partition coefficient (Wildman–Crippen LogP) is 1.40. The molecule has 2 amide bonds. The van der Waals surface area contributed by atoms with Crippen molar-refractivity contribution in [2.75, 3.05) is 19.9 Å². The normalized spacial score (nSPS) is 19.9. The van der Waals surface area contributed by atoms with Crippen LogP contribution >= 0.6 is 0 Å². The van der Waals surface area contributed by atoms with Crippen LogP contribution in [0.5, 0.6) is 11.5 Å². The number of carbonyl (C=O) groups is 2. The lowest BCUT2D eigenvalue weighted by Gasteiger charge is -2.19. The van der Waals surface area contributed by atoms with Gasteiger partial charge in [0.05, 0.1) is 0 Å². The number of ether oxygens (including phenoxy) is 2. The van der Waals surface area contributed by atoms with Gasteiger partial charge in [-0.05, 0) is 31.4 Å². The van der Waals surface area contributed by atoms with Crippen LogP contribution in [-0.2, 0) is 9.59 Å². The number of likely N-dealkylation sites (tertiary alicyclic amines) is 1. The fourth-order valence-electron chi connectivity index (χ4n) is 2.43. The van der Waals surface area contributed by atoms with Crippen molar-refractivity contribution in [3.05, 3.63) is 24.3 Å². The maximum absolute atomic E-state index is 11.6. The van der Waals surface area contributed by atoms with Gasteiger partial charge in [-0.25, -0.2) is 0 Å². The average Bonchev–Trinajstić information content (AvgIpc) is 3.16. The standard InChI is InChI=1S/C9H16N2O2.C7H6O2/c1-7-3-4-11(5-7)9(13)8(2)10-6-12;1-2-4-7-6(3-1)8-5-9-7/h6-8H,3-5H2,1-2H3,(H,10,12);1-4H,5H2. The van der Waals surface area contributed by atoms with Gasteiger partial charge in [-0.3, -0.25) is 9.59 Å². The van der Waals surface area contributed by atoms with Gasteiger partial charge in [-0.15, -0.1) is 0 Å². The molecule has 2 heterocycles. The second-order valence-corrected chi connectivity index (χ2v) is 5.54. The summed E-state index contributed by atoms with van der Waals surface area (Å²) in [4.78, 5) is 23.5. The number of nitrogens with one attached hydrogen (secondary N) is 1. The van der Waals surface area contributed by atoms with E-state index in [1.807, 2.05) is 29.2 Å². The Balaban J connectivity index is 0.000000170. The molecule has 0 radical (unpaired) electrons. The summed E-state index contributed by atoms with van der Waals surface area (Å²) in [7, 11) is 0. The Morgan fingerprint density at radius 3 is 2.50 bits per heavy atom. The number of para-hydroxylation sites is 2. The molecule has 1 N–H and O–H groups in total. The van der Waals surface area contributed by atoms with Gasteiger partial charge in [0.1, 0.15) is 6.04 Å². The Morgan fingerprint density at radius 2 is 2.00 bits per heavy atom. The molecule has 1 fully saturated rings. The van der Waals surface area contributed by atoms with E-state index in [1.165, 1.54) is 0 Å². The van der Waals surface area contributed by atoms with Crippen molar-refractivity contribution in [1.29, 1.82) is 0 Å². The number of hydrogen-bond acceptors (Lipinski definition) is 4. The van der Waals surface area contributed by atoms with Gasteiger partial charge in [0.2, 0.25) is 19.1 Å². The lowest BCUT2D eigenvalue weighted by Crippen LogP contribution is -2.43. The fourth-order valence-corrected chi connectivity index (χ4v) is 2.43. The first kappa shape index (κ1) is 16.1. The highest BCUT2D eigenvalue weighted by Crippen LogP contribution is 2.30. The Kier molecular flexibility index (Phi) is 5.63. The number of carbonyl (C=O) groups excluding carboxylic acids is 2. The Labute approximate surface area is 130 Å². The van der Waals surface area contributed by atoms with E-state index in [-0.39, 0.29) is 11.9 Å². The molecule has 1 aromatic rings. The molecule has 120 valence electrons. The third kappa shape index (κ3) is 4.13. The summed E-state index contributed by atoms with van der Waals surface area (Å²) in [5.74, 6) is 2.30. The smallest absolute Gasteiger partial charge is 0.244 e. The number of benzene rings is 1. The van der Waals surface area contributed by atoms with Crippen molar-refractivity contribution >= 4 is 12.3 Å². The van der Waals surface area contributed by atoms with Gasteiger partial charge in [-0.1, -0.05) is 19.1 Å². The number of fused-ring (bicyclic) bond motifs is 1. The molecule has 0 saturated carbocycles. The van der Waals surface area contributed by atoms with E-state index in [0.29, 0.717) is 19.1 Å². The van der Waals surface area contributed by atoms with E-state index in [0.717, 1.165) is 31.0 Å². The van der Waals surface area contributed by atoms with Gasteiger partial charge < -0.3 is 19.7 Å². The van der Waals surface area contributed by atoms with E-state index >= 15 is 0 Å². The fraction of sp³-hybridized carbons (Fsp3) is 0.500. The minimum Gasteiger partial charge on any atom is -0.454 e. The highest BCUT2D eigenvalue weighted by atomic mass is 16.7. The van der Waals surface area contributed by atoms with Crippen LogP contribution in [0.15, 0.2) is 24.3 Å². The van der Waals surface area contributed by atoms with Crippen LogP contribution in [0.1, 0.15) is 20.3 Å². The lowest BCUT2D eigenvalue weighted by atomic mass is 10.2. The van der Waals surface area contributed by atoms with Gasteiger partial charge in [-0.2, -0.15) is 0 Å². The second kappa shape index (κ2) is 7.68. The minimum atomic E-state index is -0.386. The van der Waals surface area contributed by atoms with Crippen molar-refractivity contribution < 1.29 is 19.1 Å². The van der Waals surface area contributed by atoms with Crippen LogP contribution in [0, 0.1) is 5.92 Å². The Morgan fingerprint density at radius 1 is 1.36 bits per heavy atom. The lowest BCUT2D eigenvalue weighted by molar-refractivity contribution is -0.133. The third-order valence-electron chi connectivity index (χ3n) is 3.70. The van der Waals surface area contributed by atoms with Crippen molar-refractivity contribution in [2.45, 2.75) is 26.3 Å². The second-order valence-electron chi connectivity index (χ2n) is 5.54. The molecule has 2 atom stereocenters. The van der Waals surface area contributed by atoms with Gasteiger partial charge in [0.25, 0.3) is 0 Å². The summed E-state index contributed by atoms with van der Waals surface area (Å²) in [6.07, 6.45) is 1.64. The van der Waals surface area contributed by atoms with E-state index < -0.39 is 0 Å². The molecule has 22 heavy (non-hydrogen) atoms. The summed E-state index contributed by atoms with van der Waals surface area (Å²) in [6.45, 7) is 5.85. The third-order valence-corrected chi connectivity index (χ3v) is 3.70. The quantitative estimate of drug-likeness (QED) is 0.857. The van der Waals surface area contributed by atoms with Crippen molar-refractivity contribution in [3.63, 3.8) is 0 Å². The van der Waals surface area contributed by atoms with Crippen molar-refractivity contribution in [3.8, 4) is 11.5 Å². The first-order chi connectivity index (χ1) is 10.6. The summed E-state index contributed by atoms with van der Waals surface area (Å²) < 4.78 is 10.2. The van der Waals surface area contributed by atoms with Crippen molar-refractivity contribution in [2.24, 2.45) is 5.92 Å². The summed E-state index contributed by atoms with van der Waals surface area (Å²) in [5, 5.41) is 2.47. The monoisotopic (exact) mass is 306 g/mol. The van der Waals surface area contributed by atoms with E-state index in [4.69, 9.17) is 9.47 Å². The predicted molar refractivity (Wildman–Crippen MR) is 81.6 cm³/mol. The van der Waals surface area contributed by atoms with Crippen LogP contribution in [0.2, 0.25) is 0 Å². The highest BCUT2D eigenvalue weighted by Gasteiger charge is 2.26. The topological polar surface area (TPSA) is 67.9 Å². The SMILES string of the molecule is CC1CCN(C(=O)C(C)NC=O)C1.c1ccc2c(c1)OCO2. The summed E-state index contributed by atoms with van der Waals surface area (Å²) in [6, 6.07) is 7.24. The summed E-state index contributed by atoms with van der Waals surface area (Å²) >= 11 is 0. The molecule has 6 nitrogen and oxygen atoms in total. The molecule has 1 aromatic carbocycles. The highest BCUT2D eigenvalue weighted by molar-refractivity contribution is 5.83. The zero-order valence-corrected chi connectivity index (χ0v) is 13.0. The molecule has 1 saturated heterocycles. The number of nitrogens with zero attached hydrogens (tertiary/aromatic N) is 1. The first-order valence-electron chi connectivity index (χ1n) is 7.45.